The molecule has 0 aliphatic carbocycles. The van der Waals surface area contributed by atoms with Gasteiger partial charge in [0.1, 0.15) is 0 Å². The molecule has 0 aromatic carbocycles. The van der Waals surface area contributed by atoms with Gasteiger partial charge in [-0.25, -0.2) is 8.42 Å². The van der Waals surface area contributed by atoms with Gasteiger partial charge in [-0.05, 0) is 13.3 Å². The second-order valence-electron chi connectivity index (χ2n) is 4.89. The van der Waals surface area contributed by atoms with Crippen LogP contribution >= 0.6 is 0 Å². The van der Waals surface area contributed by atoms with Crippen molar-refractivity contribution in [2.75, 3.05) is 12.3 Å². The Morgan fingerprint density at radius 3 is 1.88 bits per heavy atom. The fourth-order valence-electron chi connectivity index (χ4n) is 1.78. The molecule has 0 rings (SSSR count). The first kappa shape index (κ1) is 16.9. The summed E-state index contributed by atoms with van der Waals surface area (Å²) in [6.45, 7) is 4.14. The average molecular weight is 263 g/mol. The molecule has 0 aliphatic rings. The topological polar surface area (TPSA) is 60.2 Å². The summed E-state index contributed by atoms with van der Waals surface area (Å²) in [6.07, 6.45) is 9.43. The van der Waals surface area contributed by atoms with Crippen LogP contribution in [0, 0.1) is 0 Å². The summed E-state index contributed by atoms with van der Waals surface area (Å²) in [5, 5.41) is -0.382. The minimum atomic E-state index is -2.94. The lowest BCUT2D eigenvalue weighted by Gasteiger charge is -2.09. The first-order chi connectivity index (χ1) is 8.04. The van der Waals surface area contributed by atoms with E-state index in [0.717, 1.165) is 19.3 Å². The van der Waals surface area contributed by atoms with Gasteiger partial charge >= 0.3 is 0 Å². The number of sulfone groups is 1. The predicted molar refractivity (Wildman–Crippen MR) is 74.9 cm³/mol. The number of unbranched alkanes of at least 4 members (excludes halogenated alkanes) is 7. The van der Waals surface area contributed by atoms with Gasteiger partial charge in [-0.3, -0.25) is 0 Å². The van der Waals surface area contributed by atoms with Crippen LogP contribution in [0.5, 0.6) is 0 Å². The van der Waals surface area contributed by atoms with Crippen molar-refractivity contribution in [1.29, 1.82) is 0 Å². The Hall–Kier alpha value is -0.0900. The first-order valence-corrected chi connectivity index (χ1v) is 8.67. The fourth-order valence-corrected chi connectivity index (χ4v) is 3.09. The molecule has 0 saturated heterocycles. The van der Waals surface area contributed by atoms with E-state index in [1.54, 1.807) is 6.92 Å². The highest BCUT2D eigenvalue weighted by Gasteiger charge is 2.18. The van der Waals surface area contributed by atoms with E-state index in [-0.39, 0.29) is 11.8 Å². The third-order valence-electron chi connectivity index (χ3n) is 3.23. The molecule has 0 fully saturated rings. The smallest absolute Gasteiger partial charge is 0.154 e. The van der Waals surface area contributed by atoms with Crippen molar-refractivity contribution in [2.45, 2.75) is 70.5 Å². The van der Waals surface area contributed by atoms with Crippen LogP contribution < -0.4 is 5.73 Å². The van der Waals surface area contributed by atoms with Crippen LogP contribution in [0.15, 0.2) is 0 Å². The molecule has 0 aliphatic heterocycles. The van der Waals surface area contributed by atoms with E-state index >= 15 is 0 Å². The Morgan fingerprint density at radius 1 is 0.941 bits per heavy atom. The number of hydrogen-bond donors (Lipinski definition) is 1. The minimum absolute atomic E-state index is 0.235. The highest BCUT2D eigenvalue weighted by Crippen LogP contribution is 2.10. The Kier molecular flexibility index (Phi) is 9.84. The normalized spacial score (nSPS) is 13.8. The number of rotatable bonds is 11. The van der Waals surface area contributed by atoms with Crippen LogP contribution in [0.4, 0.5) is 0 Å². The maximum atomic E-state index is 11.7. The summed E-state index contributed by atoms with van der Waals surface area (Å²) in [6, 6.07) is 0. The highest BCUT2D eigenvalue weighted by atomic mass is 32.2. The zero-order valence-corrected chi connectivity index (χ0v) is 12.3. The zero-order valence-electron chi connectivity index (χ0n) is 11.5. The lowest BCUT2D eigenvalue weighted by atomic mass is 10.1. The molecule has 2 N–H and O–H groups in total. The number of hydrogen-bond acceptors (Lipinski definition) is 3. The van der Waals surface area contributed by atoms with Gasteiger partial charge in [0.2, 0.25) is 0 Å². The molecule has 0 saturated carbocycles. The fraction of sp³-hybridized carbons (Fsp3) is 1.00. The quantitative estimate of drug-likeness (QED) is 0.583. The van der Waals surface area contributed by atoms with Crippen LogP contribution in [-0.4, -0.2) is 26.0 Å². The molecular weight excluding hydrogens is 234 g/mol. The SMILES string of the molecule is CCCCCCCCCCS(=O)(=O)C(C)CN. The number of nitrogens with two attached hydrogens (primary N) is 1. The van der Waals surface area contributed by atoms with E-state index in [1.807, 2.05) is 0 Å². The molecule has 104 valence electrons. The molecule has 0 aromatic rings. The van der Waals surface area contributed by atoms with E-state index in [1.165, 1.54) is 32.1 Å². The monoisotopic (exact) mass is 263 g/mol. The molecule has 0 bridgehead atoms. The first-order valence-electron chi connectivity index (χ1n) is 6.96. The molecule has 0 radical (unpaired) electrons. The molecule has 1 unspecified atom stereocenters. The Morgan fingerprint density at radius 2 is 1.41 bits per heavy atom. The van der Waals surface area contributed by atoms with Gasteiger partial charge in [0.15, 0.2) is 9.84 Å². The van der Waals surface area contributed by atoms with Crippen LogP contribution in [0.2, 0.25) is 0 Å². The van der Waals surface area contributed by atoms with E-state index in [0.29, 0.717) is 5.75 Å². The summed E-state index contributed by atoms with van der Waals surface area (Å²) < 4.78 is 23.3. The molecule has 0 heterocycles. The molecule has 0 amide bonds. The molecule has 0 spiro atoms. The standard InChI is InChI=1S/C13H29NO2S/c1-3-4-5-6-7-8-9-10-11-17(15,16)13(2)12-14/h13H,3-12,14H2,1-2H3. The lowest BCUT2D eigenvalue weighted by Crippen LogP contribution is -2.28. The zero-order chi connectivity index (χ0) is 13.1. The lowest BCUT2D eigenvalue weighted by molar-refractivity contribution is 0.566. The molecule has 17 heavy (non-hydrogen) atoms. The van der Waals surface area contributed by atoms with E-state index < -0.39 is 9.84 Å². The summed E-state index contributed by atoms with van der Waals surface area (Å²) in [7, 11) is -2.94. The van der Waals surface area contributed by atoms with Gasteiger partial charge in [0.05, 0.1) is 11.0 Å². The third-order valence-corrected chi connectivity index (χ3v) is 5.50. The van der Waals surface area contributed by atoms with Crippen molar-refractivity contribution in [3.05, 3.63) is 0 Å². The predicted octanol–water partition coefficient (Wildman–Crippen LogP) is 2.89. The van der Waals surface area contributed by atoms with Gasteiger partial charge in [-0.15, -0.1) is 0 Å². The maximum absolute atomic E-state index is 11.7. The summed E-state index contributed by atoms with van der Waals surface area (Å²) >= 11 is 0. The van der Waals surface area contributed by atoms with Gasteiger partial charge in [-0.1, -0.05) is 51.9 Å². The highest BCUT2D eigenvalue weighted by molar-refractivity contribution is 7.92. The van der Waals surface area contributed by atoms with Gasteiger partial charge < -0.3 is 5.73 Å². The van der Waals surface area contributed by atoms with Crippen molar-refractivity contribution in [3.63, 3.8) is 0 Å². The Balaban J connectivity index is 3.45. The van der Waals surface area contributed by atoms with Crippen molar-refractivity contribution >= 4 is 9.84 Å². The summed E-state index contributed by atoms with van der Waals surface area (Å²) in [5.41, 5.74) is 5.38. The molecule has 3 nitrogen and oxygen atoms in total. The van der Waals surface area contributed by atoms with Crippen molar-refractivity contribution in [3.8, 4) is 0 Å². The van der Waals surface area contributed by atoms with Gasteiger partial charge in [0, 0.05) is 6.54 Å². The molecular formula is C13H29NO2S. The largest absolute Gasteiger partial charge is 0.329 e. The summed E-state index contributed by atoms with van der Waals surface area (Å²) in [4.78, 5) is 0. The second kappa shape index (κ2) is 9.89. The van der Waals surface area contributed by atoms with Crippen LogP contribution in [0.1, 0.15) is 65.2 Å². The van der Waals surface area contributed by atoms with Crippen LogP contribution in [-0.2, 0) is 9.84 Å². The van der Waals surface area contributed by atoms with Crippen molar-refractivity contribution < 1.29 is 8.42 Å². The van der Waals surface area contributed by atoms with Crippen LogP contribution in [0.3, 0.4) is 0 Å². The molecule has 4 heteroatoms. The van der Waals surface area contributed by atoms with Gasteiger partial charge in [0.25, 0.3) is 0 Å². The maximum Gasteiger partial charge on any atom is 0.154 e. The molecule has 1 atom stereocenters. The van der Waals surface area contributed by atoms with E-state index in [2.05, 4.69) is 6.92 Å². The van der Waals surface area contributed by atoms with E-state index in [4.69, 9.17) is 5.73 Å². The van der Waals surface area contributed by atoms with E-state index in [9.17, 15) is 8.42 Å². The molecule has 0 aromatic heterocycles. The Labute approximate surface area is 107 Å². The van der Waals surface area contributed by atoms with Crippen LogP contribution in [0.25, 0.3) is 0 Å². The van der Waals surface area contributed by atoms with Crippen molar-refractivity contribution in [1.82, 2.24) is 0 Å². The third kappa shape index (κ3) is 8.61. The summed E-state index contributed by atoms with van der Waals surface area (Å²) in [5.74, 6) is 0.306. The Bertz CT molecular complexity index is 263. The average Bonchev–Trinajstić information content (AvgIpc) is 2.31. The van der Waals surface area contributed by atoms with Gasteiger partial charge in [-0.2, -0.15) is 0 Å². The minimum Gasteiger partial charge on any atom is -0.329 e. The van der Waals surface area contributed by atoms with Crippen molar-refractivity contribution in [2.24, 2.45) is 5.73 Å². The second-order valence-corrected chi connectivity index (χ2v) is 7.43.